The van der Waals surface area contributed by atoms with Crippen LogP contribution in [0.4, 0.5) is 5.82 Å². The zero-order chi connectivity index (χ0) is 17.0. The Morgan fingerprint density at radius 3 is 2.91 bits per heavy atom. The molecule has 0 fully saturated rings. The number of nitrogens with zero attached hydrogens (tertiary/aromatic N) is 2. The summed E-state index contributed by atoms with van der Waals surface area (Å²) < 4.78 is 5.24. The molecule has 0 bridgehead atoms. The first kappa shape index (κ1) is 16.7. The number of amides is 2. The largest absolute Gasteiger partial charge is 0.480 e. The van der Waals surface area contributed by atoms with Crippen LogP contribution in [0.15, 0.2) is 18.3 Å². The molecule has 23 heavy (non-hydrogen) atoms. The lowest BCUT2D eigenvalue weighted by molar-refractivity contribution is -0.143. The molecule has 124 valence electrons. The van der Waals surface area contributed by atoms with Crippen LogP contribution in [0, 0.1) is 5.92 Å². The van der Waals surface area contributed by atoms with Crippen molar-refractivity contribution in [2.45, 2.75) is 26.3 Å². The Bertz CT molecular complexity index is 619. The van der Waals surface area contributed by atoms with E-state index in [2.05, 4.69) is 10.3 Å². The van der Waals surface area contributed by atoms with E-state index in [9.17, 15) is 19.5 Å². The van der Waals surface area contributed by atoms with Gasteiger partial charge in [-0.05, 0) is 18.1 Å². The monoisotopic (exact) mass is 321 g/mol. The topological polar surface area (TPSA) is 109 Å². The van der Waals surface area contributed by atoms with Crippen LogP contribution < -0.4 is 15.0 Å². The third-order valence-corrected chi connectivity index (χ3v) is 3.76. The lowest BCUT2D eigenvalue weighted by atomic mass is 9.99. The second-order valence-electron chi connectivity index (χ2n) is 5.36. The number of aromatic nitrogens is 1. The standard InChI is InChI=1S/C15H19N3O5/c1-3-9(2)13(15(21)22)17-11(19)7-18-12(20)8-23-10-5-4-6-16-14(10)18/h4-6,9,13H,3,7-8H2,1-2H3,(H,17,19)(H,21,22). The van der Waals surface area contributed by atoms with Gasteiger partial charge in [-0.1, -0.05) is 20.3 Å². The van der Waals surface area contributed by atoms with E-state index in [1.165, 1.54) is 11.1 Å². The highest BCUT2D eigenvalue weighted by molar-refractivity contribution is 6.01. The summed E-state index contributed by atoms with van der Waals surface area (Å²) >= 11 is 0. The number of carboxylic acids is 1. The molecule has 2 atom stereocenters. The Hall–Kier alpha value is -2.64. The van der Waals surface area contributed by atoms with E-state index in [-0.39, 0.29) is 24.9 Å². The van der Waals surface area contributed by atoms with E-state index in [0.29, 0.717) is 12.2 Å². The minimum absolute atomic E-state index is 0.181. The molecule has 1 aliphatic rings. The van der Waals surface area contributed by atoms with Crippen LogP contribution in [0.5, 0.6) is 5.75 Å². The van der Waals surface area contributed by atoms with Crippen molar-refractivity contribution < 1.29 is 24.2 Å². The smallest absolute Gasteiger partial charge is 0.326 e. The summed E-state index contributed by atoms with van der Waals surface area (Å²) in [5.74, 6) is -1.60. The van der Waals surface area contributed by atoms with Crippen molar-refractivity contribution in [2.24, 2.45) is 5.92 Å². The molecule has 2 rings (SSSR count). The Kier molecular flexibility index (Phi) is 5.15. The molecule has 0 saturated heterocycles. The van der Waals surface area contributed by atoms with Gasteiger partial charge in [-0.15, -0.1) is 0 Å². The zero-order valence-corrected chi connectivity index (χ0v) is 13.0. The van der Waals surface area contributed by atoms with Crippen LogP contribution >= 0.6 is 0 Å². The first-order chi connectivity index (χ1) is 10.9. The van der Waals surface area contributed by atoms with E-state index in [1.54, 1.807) is 19.1 Å². The fraction of sp³-hybridized carbons (Fsp3) is 0.467. The van der Waals surface area contributed by atoms with E-state index in [0.717, 1.165) is 0 Å². The molecule has 0 spiro atoms. The van der Waals surface area contributed by atoms with Crippen LogP contribution in [-0.4, -0.2) is 47.1 Å². The number of pyridine rings is 1. The molecule has 1 aromatic heterocycles. The van der Waals surface area contributed by atoms with Gasteiger partial charge in [-0.2, -0.15) is 0 Å². The van der Waals surface area contributed by atoms with Gasteiger partial charge in [0.2, 0.25) is 5.91 Å². The number of nitrogens with one attached hydrogen (secondary N) is 1. The Morgan fingerprint density at radius 2 is 2.26 bits per heavy atom. The van der Waals surface area contributed by atoms with Crippen molar-refractivity contribution in [1.82, 2.24) is 10.3 Å². The second kappa shape index (κ2) is 7.08. The summed E-state index contributed by atoms with van der Waals surface area (Å²) in [5.41, 5.74) is 0. The predicted molar refractivity (Wildman–Crippen MR) is 81.1 cm³/mol. The highest BCUT2D eigenvalue weighted by atomic mass is 16.5. The average Bonchev–Trinajstić information content (AvgIpc) is 2.54. The van der Waals surface area contributed by atoms with E-state index in [4.69, 9.17) is 4.74 Å². The highest BCUT2D eigenvalue weighted by Crippen LogP contribution is 2.28. The average molecular weight is 321 g/mol. The molecule has 1 aromatic rings. The maximum absolute atomic E-state index is 12.2. The molecular formula is C15H19N3O5. The first-order valence-corrected chi connectivity index (χ1v) is 7.34. The van der Waals surface area contributed by atoms with Gasteiger partial charge >= 0.3 is 5.97 Å². The van der Waals surface area contributed by atoms with E-state index < -0.39 is 23.8 Å². The maximum atomic E-state index is 12.2. The lowest BCUT2D eigenvalue weighted by Gasteiger charge is -2.28. The Balaban J connectivity index is 2.10. The van der Waals surface area contributed by atoms with Crippen molar-refractivity contribution in [3.63, 3.8) is 0 Å². The number of hydrogen-bond acceptors (Lipinski definition) is 5. The summed E-state index contributed by atoms with van der Waals surface area (Å²) in [6.45, 7) is 3.11. The van der Waals surface area contributed by atoms with Gasteiger partial charge in [0, 0.05) is 6.20 Å². The predicted octanol–water partition coefficient (Wildman–Crippen LogP) is 0.422. The van der Waals surface area contributed by atoms with E-state index >= 15 is 0 Å². The van der Waals surface area contributed by atoms with Gasteiger partial charge in [0.25, 0.3) is 5.91 Å². The van der Waals surface area contributed by atoms with Gasteiger partial charge in [0.1, 0.15) is 12.6 Å². The van der Waals surface area contributed by atoms with Gasteiger partial charge < -0.3 is 15.2 Å². The molecule has 0 saturated carbocycles. The summed E-state index contributed by atoms with van der Waals surface area (Å²) in [7, 11) is 0. The molecular weight excluding hydrogens is 302 g/mol. The van der Waals surface area contributed by atoms with Crippen LogP contribution in [0.1, 0.15) is 20.3 Å². The number of aliphatic carboxylic acids is 1. The minimum Gasteiger partial charge on any atom is -0.480 e. The minimum atomic E-state index is -1.10. The number of anilines is 1. The molecule has 2 amide bonds. The molecule has 2 N–H and O–H groups in total. The summed E-state index contributed by atoms with van der Waals surface area (Å²) in [4.78, 5) is 40.6. The summed E-state index contributed by atoms with van der Waals surface area (Å²) in [5, 5.41) is 11.7. The first-order valence-electron chi connectivity index (χ1n) is 7.34. The molecule has 1 aliphatic heterocycles. The number of hydrogen-bond donors (Lipinski definition) is 2. The summed E-state index contributed by atoms with van der Waals surface area (Å²) in [6.07, 6.45) is 2.10. The zero-order valence-electron chi connectivity index (χ0n) is 13.0. The number of ether oxygens (including phenoxy) is 1. The molecule has 8 heteroatoms. The highest BCUT2D eigenvalue weighted by Gasteiger charge is 2.31. The van der Waals surface area contributed by atoms with E-state index in [1.807, 2.05) is 6.92 Å². The van der Waals surface area contributed by atoms with Crippen molar-refractivity contribution in [3.05, 3.63) is 18.3 Å². The third-order valence-electron chi connectivity index (χ3n) is 3.76. The molecule has 0 aliphatic carbocycles. The third kappa shape index (κ3) is 3.77. The van der Waals surface area contributed by atoms with Gasteiger partial charge in [-0.3, -0.25) is 14.5 Å². The van der Waals surface area contributed by atoms with Gasteiger partial charge in [-0.25, -0.2) is 9.78 Å². The van der Waals surface area contributed by atoms with Crippen molar-refractivity contribution in [2.75, 3.05) is 18.1 Å². The van der Waals surface area contributed by atoms with Gasteiger partial charge in [0.05, 0.1) is 0 Å². The fourth-order valence-electron chi connectivity index (χ4n) is 2.24. The van der Waals surface area contributed by atoms with Crippen LogP contribution in [0.3, 0.4) is 0 Å². The second-order valence-corrected chi connectivity index (χ2v) is 5.36. The Labute approximate surface area is 133 Å². The molecule has 2 unspecified atom stereocenters. The number of carbonyl (C=O) groups excluding carboxylic acids is 2. The number of carbonyl (C=O) groups is 3. The van der Waals surface area contributed by atoms with Crippen LogP contribution in [0.25, 0.3) is 0 Å². The SMILES string of the molecule is CCC(C)C(NC(=O)CN1C(=O)COc2cccnc21)C(=O)O. The van der Waals surface area contributed by atoms with Crippen LogP contribution in [-0.2, 0) is 14.4 Å². The maximum Gasteiger partial charge on any atom is 0.326 e. The van der Waals surface area contributed by atoms with Crippen molar-refractivity contribution in [1.29, 1.82) is 0 Å². The van der Waals surface area contributed by atoms with Crippen LogP contribution in [0.2, 0.25) is 0 Å². The molecule has 0 aromatic carbocycles. The Morgan fingerprint density at radius 1 is 1.52 bits per heavy atom. The van der Waals surface area contributed by atoms with Crippen molar-refractivity contribution >= 4 is 23.6 Å². The quantitative estimate of drug-likeness (QED) is 0.786. The fourth-order valence-corrected chi connectivity index (χ4v) is 2.24. The summed E-state index contributed by atoms with van der Waals surface area (Å²) in [6, 6.07) is 2.32. The lowest BCUT2D eigenvalue weighted by Crippen LogP contribution is -2.51. The normalized spacial score (nSPS) is 16.1. The van der Waals surface area contributed by atoms with Gasteiger partial charge in [0.15, 0.2) is 18.2 Å². The molecule has 8 nitrogen and oxygen atoms in total. The molecule has 2 heterocycles. The number of carboxylic acid groups (broad SMARTS) is 1. The molecule has 0 radical (unpaired) electrons. The number of rotatable bonds is 6. The van der Waals surface area contributed by atoms with Crippen molar-refractivity contribution in [3.8, 4) is 5.75 Å². The number of fused-ring (bicyclic) bond motifs is 1.